The molecule has 0 bridgehead atoms. The van der Waals surface area contributed by atoms with Gasteiger partial charge in [0.2, 0.25) is 0 Å². The van der Waals surface area contributed by atoms with Crippen LogP contribution in [0.15, 0.2) is 12.2 Å². The van der Waals surface area contributed by atoms with Gasteiger partial charge in [-0.25, -0.2) is 0 Å². The van der Waals surface area contributed by atoms with Gasteiger partial charge >= 0.3 is 0 Å². The maximum absolute atomic E-state index is 6.32. The second-order valence-corrected chi connectivity index (χ2v) is 5.97. The first-order valence-electron chi connectivity index (χ1n) is 6.91. The average Bonchev–Trinajstić information content (AvgIpc) is 2.65. The van der Waals surface area contributed by atoms with Crippen LogP contribution in [-0.2, 0) is 9.47 Å². The Morgan fingerprint density at radius 3 is 2.76 bits per heavy atom. The SMILES string of the molecule is C[C@@H]1C[C@H]2C=CC3(CC[C@H]2[C@@H](N)C1)OCCO3. The van der Waals surface area contributed by atoms with Crippen LogP contribution in [0.1, 0.15) is 32.6 Å². The van der Waals surface area contributed by atoms with E-state index in [0.717, 1.165) is 32.0 Å². The Kier molecular flexibility index (Phi) is 3.01. The predicted octanol–water partition coefficient (Wildman–Crippen LogP) is 2.07. The average molecular weight is 237 g/mol. The summed E-state index contributed by atoms with van der Waals surface area (Å²) in [7, 11) is 0. The molecule has 0 aromatic heterocycles. The maximum atomic E-state index is 6.32. The standard InChI is InChI=1S/C14H23NO2/c1-10-8-11-2-4-14(16-6-7-17-14)5-3-12(11)13(15)9-10/h2,4,10-13H,3,5-9,15H2,1H3/t10-,11-,12-,13+/m1/s1. The van der Waals surface area contributed by atoms with Gasteiger partial charge < -0.3 is 15.2 Å². The van der Waals surface area contributed by atoms with E-state index in [9.17, 15) is 0 Å². The van der Waals surface area contributed by atoms with Gasteiger partial charge in [-0.15, -0.1) is 0 Å². The van der Waals surface area contributed by atoms with E-state index < -0.39 is 5.79 Å². The lowest BCUT2D eigenvalue weighted by Crippen LogP contribution is -2.41. The Bertz CT molecular complexity index is 309. The third-order valence-corrected chi connectivity index (χ3v) is 4.65. The fourth-order valence-electron chi connectivity index (χ4n) is 3.77. The number of hydrogen-bond donors (Lipinski definition) is 1. The second kappa shape index (κ2) is 4.38. The molecule has 1 heterocycles. The van der Waals surface area contributed by atoms with Crippen molar-refractivity contribution in [1.29, 1.82) is 0 Å². The van der Waals surface area contributed by atoms with Gasteiger partial charge in [0.05, 0.1) is 13.2 Å². The number of hydrogen-bond acceptors (Lipinski definition) is 3. The van der Waals surface area contributed by atoms with Crippen LogP contribution < -0.4 is 5.73 Å². The highest BCUT2D eigenvalue weighted by molar-refractivity contribution is 5.08. The maximum Gasteiger partial charge on any atom is 0.187 e. The van der Waals surface area contributed by atoms with Gasteiger partial charge in [0.25, 0.3) is 0 Å². The van der Waals surface area contributed by atoms with Crippen molar-refractivity contribution in [3.05, 3.63) is 12.2 Å². The molecule has 4 atom stereocenters. The second-order valence-electron chi connectivity index (χ2n) is 5.97. The molecule has 3 aliphatic rings. The molecular formula is C14H23NO2. The Morgan fingerprint density at radius 1 is 1.24 bits per heavy atom. The number of ether oxygens (including phenoxy) is 2. The van der Waals surface area contributed by atoms with Gasteiger partial charge in [0.1, 0.15) is 0 Å². The molecule has 1 spiro atoms. The number of rotatable bonds is 0. The van der Waals surface area contributed by atoms with Crippen molar-refractivity contribution in [2.24, 2.45) is 23.5 Å². The van der Waals surface area contributed by atoms with E-state index in [4.69, 9.17) is 15.2 Å². The van der Waals surface area contributed by atoms with E-state index in [2.05, 4.69) is 19.1 Å². The zero-order valence-corrected chi connectivity index (χ0v) is 10.6. The Hall–Kier alpha value is -0.380. The summed E-state index contributed by atoms with van der Waals surface area (Å²) in [5.74, 6) is 1.58. The smallest absolute Gasteiger partial charge is 0.187 e. The zero-order valence-electron chi connectivity index (χ0n) is 10.6. The topological polar surface area (TPSA) is 44.5 Å². The monoisotopic (exact) mass is 237 g/mol. The minimum absolute atomic E-state index is 0.352. The van der Waals surface area contributed by atoms with E-state index in [1.54, 1.807) is 0 Å². The molecule has 3 nitrogen and oxygen atoms in total. The molecule has 1 aliphatic heterocycles. The van der Waals surface area contributed by atoms with Crippen molar-refractivity contribution in [2.45, 2.75) is 44.4 Å². The molecule has 0 radical (unpaired) electrons. The van der Waals surface area contributed by atoms with Crippen LogP contribution in [0.4, 0.5) is 0 Å². The lowest BCUT2D eigenvalue weighted by molar-refractivity contribution is -0.123. The lowest BCUT2D eigenvalue weighted by Gasteiger charge is -2.37. The quantitative estimate of drug-likeness (QED) is 0.656. The molecule has 0 unspecified atom stereocenters. The molecule has 2 fully saturated rings. The fraction of sp³-hybridized carbons (Fsp3) is 0.857. The molecule has 96 valence electrons. The summed E-state index contributed by atoms with van der Waals surface area (Å²) < 4.78 is 11.6. The molecule has 2 N–H and O–H groups in total. The van der Waals surface area contributed by atoms with Crippen LogP contribution in [0.2, 0.25) is 0 Å². The minimum atomic E-state index is -0.416. The molecule has 3 heteroatoms. The minimum Gasteiger partial charge on any atom is -0.344 e. The van der Waals surface area contributed by atoms with E-state index in [-0.39, 0.29) is 0 Å². The van der Waals surface area contributed by atoms with Gasteiger partial charge in [0, 0.05) is 12.5 Å². The fourth-order valence-corrected chi connectivity index (χ4v) is 3.77. The molecule has 1 saturated carbocycles. The van der Waals surface area contributed by atoms with Crippen molar-refractivity contribution in [2.75, 3.05) is 13.2 Å². The normalized spacial score (nSPS) is 44.6. The largest absolute Gasteiger partial charge is 0.344 e. The molecule has 2 aliphatic carbocycles. The van der Waals surface area contributed by atoms with Crippen LogP contribution in [-0.4, -0.2) is 25.0 Å². The Morgan fingerprint density at radius 2 is 2.00 bits per heavy atom. The molecule has 3 rings (SSSR count). The summed E-state index contributed by atoms with van der Waals surface area (Å²) in [6, 6.07) is 0.352. The Labute approximate surface area is 103 Å². The van der Waals surface area contributed by atoms with Crippen molar-refractivity contribution in [3.63, 3.8) is 0 Å². The predicted molar refractivity (Wildman–Crippen MR) is 66.4 cm³/mol. The van der Waals surface area contributed by atoms with E-state index in [0.29, 0.717) is 17.9 Å². The van der Waals surface area contributed by atoms with E-state index >= 15 is 0 Å². The highest BCUT2D eigenvalue weighted by Gasteiger charge is 2.41. The van der Waals surface area contributed by atoms with Gasteiger partial charge in [-0.3, -0.25) is 0 Å². The third kappa shape index (κ3) is 2.16. The van der Waals surface area contributed by atoms with Crippen molar-refractivity contribution < 1.29 is 9.47 Å². The molecular weight excluding hydrogens is 214 g/mol. The van der Waals surface area contributed by atoms with Crippen molar-refractivity contribution in [3.8, 4) is 0 Å². The zero-order chi connectivity index (χ0) is 11.9. The third-order valence-electron chi connectivity index (χ3n) is 4.65. The van der Waals surface area contributed by atoms with E-state index in [1.165, 1.54) is 12.8 Å². The van der Waals surface area contributed by atoms with Crippen LogP contribution in [0.25, 0.3) is 0 Å². The molecule has 17 heavy (non-hydrogen) atoms. The summed E-state index contributed by atoms with van der Waals surface area (Å²) >= 11 is 0. The number of fused-ring (bicyclic) bond motifs is 1. The first kappa shape index (κ1) is 11.7. The van der Waals surface area contributed by atoms with E-state index in [1.807, 2.05) is 0 Å². The molecule has 0 aromatic carbocycles. The molecule has 1 saturated heterocycles. The highest BCUT2D eigenvalue weighted by Crippen LogP contribution is 2.42. The Balaban J connectivity index is 1.79. The van der Waals surface area contributed by atoms with Gasteiger partial charge in [0.15, 0.2) is 5.79 Å². The molecule has 0 aromatic rings. The van der Waals surface area contributed by atoms with Gasteiger partial charge in [-0.1, -0.05) is 13.0 Å². The number of allylic oxidation sites excluding steroid dienone is 1. The summed E-state index contributed by atoms with van der Waals surface area (Å²) in [5, 5.41) is 0. The lowest BCUT2D eigenvalue weighted by atomic mass is 9.71. The molecule has 0 amide bonds. The van der Waals surface area contributed by atoms with Crippen LogP contribution in [0.3, 0.4) is 0 Å². The van der Waals surface area contributed by atoms with Gasteiger partial charge in [-0.2, -0.15) is 0 Å². The summed E-state index contributed by atoms with van der Waals surface area (Å²) in [6.07, 6.45) is 9.01. The van der Waals surface area contributed by atoms with Crippen LogP contribution in [0.5, 0.6) is 0 Å². The summed E-state index contributed by atoms with van der Waals surface area (Å²) in [6.45, 7) is 3.76. The first-order chi connectivity index (χ1) is 8.19. The van der Waals surface area contributed by atoms with Crippen LogP contribution >= 0.6 is 0 Å². The van der Waals surface area contributed by atoms with Crippen molar-refractivity contribution >= 4 is 0 Å². The highest BCUT2D eigenvalue weighted by atomic mass is 16.7. The van der Waals surface area contributed by atoms with Crippen molar-refractivity contribution in [1.82, 2.24) is 0 Å². The van der Waals surface area contributed by atoms with Crippen LogP contribution in [0, 0.1) is 17.8 Å². The van der Waals surface area contributed by atoms with Gasteiger partial charge in [-0.05, 0) is 43.1 Å². The summed E-state index contributed by atoms with van der Waals surface area (Å²) in [4.78, 5) is 0. The summed E-state index contributed by atoms with van der Waals surface area (Å²) in [5.41, 5.74) is 6.32. The number of nitrogens with two attached hydrogens (primary N) is 1. The first-order valence-corrected chi connectivity index (χ1v) is 6.91.